The number of hydrogen-bond acceptors (Lipinski definition) is 13. The number of aliphatic hydroxyl groups is 1. The highest BCUT2D eigenvalue weighted by atomic mass is 16.5. The van der Waals surface area contributed by atoms with Crippen LogP contribution in [0, 0.1) is 0 Å². The lowest BCUT2D eigenvalue weighted by atomic mass is 10.0. The minimum absolute atomic E-state index is 0.0766. The average Bonchev–Trinajstić information content (AvgIpc) is 3.93. The van der Waals surface area contributed by atoms with E-state index >= 15 is 0 Å². The van der Waals surface area contributed by atoms with Gasteiger partial charge in [-0.3, -0.25) is 39.1 Å². The molecule has 9 rings (SSSR count). The van der Waals surface area contributed by atoms with Crippen LogP contribution in [0.3, 0.4) is 0 Å². The summed E-state index contributed by atoms with van der Waals surface area (Å²) in [5.41, 5.74) is 4.19. The second-order valence-corrected chi connectivity index (χ2v) is 16.1. The number of amides is 4. The molecule has 2 fully saturated rings. The molecule has 5 aromatic rings. The Kier molecular flexibility index (Phi) is 15.4. The van der Waals surface area contributed by atoms with Gasteiger partial charge in [0, 0.05) is 50.2 Å². The minimum atomic E-state index is -0.994. The van der Waals surface area contributed by atoms with E-state index in [1.165, 1.54) is 10.9 Å². The van der Waals surface area contributed by atoms with E-state index in [0.29, 0.717) is 47.3 Å². The lowest BCUT2D eigenvalue weighted by Gasteiger charge is -2.36. The number of imide groups is 2. The van der Waals surface area contributed by atoms with Gasteiger partial charge in [0.25, 0.3) is 17.4 Å². The molecule has 1 aliphatic carbocycles. The van der Waals surface area contributed by atoms with Crippen LogP contribution in [0.5, 0.6) is 5.75 Å². The number of aromatic nitrogens is 5. The van der Waals surface area contributed by atoms with Crippen molar-refractivity contribution in [2.75, 3.05) is 49.5 Å². The molecule has 66 heavy (non-hydrogen) atoms. The van der Waals surface area contributed by atoms with Gasteiger partial charge in [-0.1, -0.05) is 52.7 Å². The molecule has 348 valence electrons. The zero-order valence-electron chi connectivity index (χ0n) is 38.3. The Morgan fingerprint density at radius 1 is 0.848 bits per heavy atom. The first-order chi connectivity index (χ1) is 32.2. The van der Waals surface area contributed by atoms with Gasteiger partial charge in [-0.05, 0) is 92.7 Å². The lowest BCUT2D eigenvalue weighted by molar-refractivity contribution is -0.136. The molecular weight excluding hydrogens is 841 g/mol. The number of piperidine rings is 1. The minimum Gasteiger partial charge on any atom is -0.494 e. The second-order valence-electron chi connectivity index (χ2n) is 16.1. The van der Waals surface area contributed by atoms with Crippen LogP contribution in [0.15, 0.2) is 78.2 Å². The second kappa shape index (κ2) is 21.5. The van der Waals surface area contributed by atoms with E-state index in [4.69, 9.17) is 14.7 Å². The summed E-state index contributed by atoms with van der Waals surface area (Å²) in [6.45, 7) is 17.4. The van der Waals surface area contributed by atoms with Crippen molar-refractivity contribution in [3.8, 4) is 11.6 Å². The molecule has 17 nitrogen and oxygen atoms in total. The number of ether oxygens (including phenoxy) is 1. The first-order valence-corrected chi connectivity index (χ1v) is 23.3. The van der Waals surface area contributed by atoms with Gasteiger partial charge >= 0.3 is 0 Å². The number of aliphatic hydroxyl groups excluding tert-OH is 1. The maximum atomic E-state index is 13.4. The van der Waals surface area contributed by atoms with Crippen LogP contribution < -0.4 is 25.8 Å². The molecule has 2 atom stereocenters. The Bertz CT molecular complexity index is 2630. The van der Waals surface area contributed by atoms with Crippen molar-refractivity contribution >= 4 is 52.0 Å². The first-order valence-electron chi connectivity index (χ1n) is 23.3. The Morgan fingerprint density at radius 3 is 2.33 bits per heavy atom. The van der Waals surface area contributed by atoms with E-state index in [2.05, 4.69) is 44.1 Å². The van der Waals surface area contributed by atoms with Crippen molar-refractivity contribution in [1.82, 2.24) is 39.4 Å². The Balaban J connectivity index is 0.00000158. The number of nitrogens with one attached hydrogen (secondary N) is 2. The predicted molar refractivity (Wildman–Crippen MR) is 253 cm³/mol. The van der Waals surface area contributed by atoms with Crippen LogP contribution in [0.25, 0.3) is 16.9 Å². The monoisotopic (exact) mass is 900 g/mol. The summed E-state index contributed by atoms with van der Waals surface area (Å²) in [6, 6.07) is 15.8. The number of anilines is 3. The van der Waals surface area contributed by atoms with Gasteiger partial charge in [0.15, 0.2) is 11.5 Å². The summed E-state index contributed by atoms with van der Waals surface area (Å²) in [4.78, 5) is 83.1. The highest BCUT2D eigenvalue weighted by Crippen LogP contribution is 2.32. The molecule has 4 amide bonds. The van der Waals surface area contributed by atoms with Crippen LogP contribution in [-0.4, -0.2) is 108 Å². The van der Waals surface area contributed by atoms with Crippen molar-refractivity contribution < 1.29 is 29.0 Å². The number of benzene rings is 2. The number of allylic oxidation sites excluding steroid dienone is 1. The van der Waals surface area contributed by atoms with Gasteiger partial charge < -0.3 is 20.1 Å². The van der Waals surface area contributed by atoms with Gasteiger partial charge in [0.05, 0.1) is 36.1 Å². The van der Waals surface area contributed by atoms with E-state index in [-0.39, 0.29) is 36.1 Å². The van der Waals surface area contributed by atoms with Crippen molar-refractivity contribution in [2.45, 2.75) is 97.8 Å². The molecular formula is C49H60N10O7. The molecule has 2 aromatic carbocycles. The lowest BCUT2D eigenvalue weighted by Crippen LogP contribution is -2.54. The number of unbranched alkanes of at least 4 members (excludes halogenated alkanes) is 3. The first kappa shape index (κ1) is 47.2. The van der Waals surface area contributed by atoms with Crippen molar-refractivity contribution in [2.24, 2.45) is 0 Å². The van der Waals surface area contributed by atoms with Gasteiger partial charge in [0.2, 0.25) is 17.8 Å². The normalized spacial score (nSPS) is 18.0. The number of nitrogens with zero attached hydrogens (tertiary/aromatic N) is 8. The largest absolute Gasteiger partial charge is 0.494 e. The molecule has 2 unspecified atom stereocenters. The van der Waals surface area contributed by atoms with E-state index < -0.39 is 35.8 Å². The molecule has 0 spiro atoms. The third-order valence-corrected chi connectivity index (χ3v) is 12.1. The van der Waals surface area contributed by atoms with Gasteiger partial charge in [-0.15, -0.1) is 6.58 Å². The van der Waals surface area contributed by atoms with Crippen LogP contribution in [0.2, 0.25) is 0 Å². The van der Waals surface area contributed by atoms with E-state index in [0.717, 1.165) is 86.7 Å². The standard InChI is InChI=1S/C45H48N10O7.2C2H6/c1-2-19-53-42(59)34-27-46-45(50-40(34)55(53)37-17-8-28-7-16-36(56)39(28)48-37)47-29-9-11-30(12-10-29)52-23-21-51(22-24-52)20-5-3-4-6-25-62-31-13-14-32-33(26-31)44(61)54(43(32)60)35-15-18-38(57)49-41(35)58;2*1-2/h2,8-14,17,26-27,35-36,56H,1,3-7,15-16,18-25H2,(H,46,47,50)(H,49,57,58);2*1-2H3. The molecule has 0 saturated carbocycles. The number of piperazine rings is 1. The zero-order valence-corrected chi connectivity index (χ0v) is 38.3. The van der Waals surface area contributed by atoms with Gasteiger partial charge in [0.1, 0.15) is 17.2 Å². The van der Waals surface area contributed by atoms with Gasteiger partial charge in [-0.25, -0.2) is 19.3 Å². The number of carbonyl (C=O) groups is 4. The van der Waals surface area contributed by atoms with E-state index in [1.54, 1.807) is 29.0 Å². The average molecular weight is 901 g/mol. The number of aryl methyl sites for hydroxylation is 1. The van der Waals surface area contributed by atoms with Crippen LogP contribution in [-0.2, 0) is 22.6 Å². The molecule has 4 aliphatic rings. The van der Waals surface area contributed by atoms with Crippen molar-refractivity contribution in [1.29, 1.82) is 0 Å². The number of pyridine rings is 1. The maximum absolute atomic E-state index is 13.4. The summed E-state index contributed by atoms with van der Waals surface area (Å²) in [6.07, 6.45) is 8.14. The molecule has 17 heteroatoms. The highest BCUT2D eigenvalue weighted by Gasteiger charge is 2.44. The van der Waals surface area contributed by atoms with Gasteiger partial charge in [-0.2, -0.15) is 4.98 Å². The SMILES string of the molecule is C=CCn1c(=O)c2cnc(Nc3ccc(N4CCN(CCCCCCOc5ccc6c(c5)C(=O)N(C5CCC(=O)NC5=O)C6=O)CC4)cc3)nc2n1-c1ccc2c(n1)C(O)CC2.CC.CC. The third kappa shape index (κ3) is 9.91. The molecule has 0 bridgehead atoms. The summed E-state index contributed by atoms with van der Waals surface area (Å²) in [5.74, 6) is -0.774. The predicted octanol–water partition coefficient (Wildman–Crippen LogP) is 6.10. The topological polar surface area (TPSA) is 197 Å². The number of carbonyl (C=O) groups excluding carboxylic acids is 4. The van der Waals surface area contributed by atoms with Crippen LogP contribution >= 0.6 is 0 Å². The summed E-state index contributed by atoms with van der Waals surface area (Å²) >= 11 is 0. The summed E-state index contributed by atoms with van der Waals surface area (Å²) in [7, 11) is 0. The fourth-order valence-electron chi connectivity index (χ4n) is 8.78. The summed E-state index contributed by atoms with van der Waals surface area (Å²) < 4.78 is 9.12. The van der Waals surface area contributed by atoms with E-state index in [9.17, 15) is 29.1 Å². The molecule has 6 heterocycles. The Morgan fingerprint density at radius 2 is 1.59 bits per heavy atom. The molecule has 2 saturated heterocycles. The molecule has 3 aliphatic heterocycles. The molecule has 3 aromatic heterocycles. The van der Waals surface area contributed by atoms with Crippen LogP contribution in [0.4, 0.5) is 17.3 Å². The quantitative estimate of drug-likeness (QED) is 0.0620. The highest BCUT2D eigenvalue weighted by molar-refractivity contribution is 6.23. The maximum Gasteiger partial charge on any atom is 0.278 e. The smallest absolute Gasteiger partial charge is 0.278 e. The Hall–Kier alpha value is -6.72. The zero-order chi connectivity index (χ0) is 46.9. The number of hydrogen-bond donors (Lipinski definition) is 3. The van der Waals surface area contributed by atoms with E-state index in [1.807, 2.05) is 52.0 Å². The van der Waals surface area contributed by atoms with Crippen molar-refractivity contribution in [3.05, 3.63) is 106 Å². The fraction of sp³-hybridized carbons (Fsp3) is 0.429. The van der Waals surface area contributed by atoms with Crippen molar-refractivity contribution in [3.63, 3.8) is 0 Å². The number of fused-ring (bicyclic) bond motifs is 3. The van der Waals surface area contributed by atoms with Crippen LogP contribution in [0.1, 0.15) is 111 Å². The fourth-order valence-corrected chi connectivity index (χ4v) is 8.78. The Labute approximate surface area is 384 Å². The number of rotatable bonds is 15. The summed E-state index contributed by atoms with van der Waals surface area (Å²) in [5, 5.41) is 16.4. The third-order valence-electron chi connectivity index (χ3n) is 12.1. The molecule has 3 N–H and O–H groups in total. The molecule has 0 radical (unpaired) electrons.